The van der Waals surface area contributed by atoms with E-state index in [-0.39, 0.29) is 5.75 Å². The van der Waals surface area contributed by atoms with E-state index >= 15 is 0 Å². The Bertz CT molecular complexity index is 889. The lowest BCUT2D eigenvalue weighted by Gasteiger charge is -2.41. The molecule has 0 N–H and O–H groups in total. The van der Waals surface area contributed by atoms with E-state index in [1.165, 1.54) is 18.4 Å². The third-order valence-electron chi connectivity index (χ3n) is 7.76. The molecule has 3 aliphatic rings. The highest BCUT2D eigenvalue weighted by Crippen LogP contribution is 2.38. The highest BCUT2D eigenvalue weighted by molar-refractivity contribution is 7.89. The Morgan fingerprint density at radius 2 is 1.65 bits per heavy atom. The number of nitrogens with zero attached hydrogens (tertiary/aromatic N) is 4. The molecule has 0 amide bonds. The molecule has 190 valence electrons. The van der Waals surface area contributed by atoms with Crippen molar-refractivity contribution < 1.29 is 13.2 Å². The average Bonchev–Trinajstić information content (AvgIpc) is 2.83. The SMILES string of the molecule is CCCc1cnc(N2CCC(C3C=CC3COCC3CCN(S(=O)(=O)CCC)CC3)CC2)nc1. The van der Waals surface area contributed by atoms with Gasteiger partial charge in [-0.1, -0.05) is 32.4 Å². The maximum Gasteiger partial charge on any atom is 0.225 e. The summed E-state index contributed by atoms with van der Waals surface area (Å²) in [7, 11) is -3.06. The Hall–Kier alpha value is -1.51. The highest BCUT2D eigenvalue weighted by atomic mass is 32.2. The van der Waals surface area contributed by atoms with Crippen LogP contribution in [0.3, 0.4) is 0 Å². The molecule has 4 rings (SSSR count). The summed E-state index contributed by atoms with van der Waals surface area (Å²) in [6.07, 6.45) is 15.7. The maximum atomic E-state index is 12.2. The number of aromatic nitrogens is 2. The van der Waals surface area contributed by atoms with Crippen molar-refractivity contribution in [3.8, 4) is 0 Å². The molecule has 2 aliphatic heterocycles. The summed E-state index contributed by atoms with van der Waals surface area (Å²) in [6, 6.07) is 0. The minimum atomic E-state index is -3.06. The second-order valence-corrected chi connectivity index (χ2v) is 12.4. The number of ether oxygens (including phenoxy) is 1. The molecule has 2 unspecified atom stereocenters. The number of hydrogen-bond donors (Lipinski definition) is 0. The summed E-state index contributed by atoms with van der Waals surface area (Å²) in [6.45, 7) is 8.98. The van der Waals surface area contributed by atoms with Crippen LogP contribution in [0.15, 0.2) is 24.5 Å². The summed E-state index contributed by atoms with van der Waals surface area (Å²) in [4.78, 5) is 11.5. The van der Waals surface area contributed by atoms with Crippen molar-refractivity contribution in [1.82, 2.24) is 14.3 Å². The van der Waals surface area contributed by atoms with Crippen LogP contribution in [0, 0.1) is 23.7 Å². The summed E-state index contributed by atoms with van der Waals surface area (Å²) in [5.41, 5.74) is 1.22. The standard InChI is InChI=1S/C26H42N4O3S/c1-3-5-22-17-27-26(28-18-22)29-12-10-23(11-13-29)25-7-6-24(25)20-33-19-21-8-14-30(15-9-21)34(31,32)16-4-2/h6-7,17-18,21,23-25H,3-5,8-16,19-20H2,1-2H3. The first-order valence-corrected chi connectivity index (χ1v) is 14.9. The Kier molecular flexibility index (Phi) is 8.99. The van der Waals surface area contributed by atoms with E-state index in [4.69, 9.17) is 4.74 Å². The largest absolute Gasteiger partial charge is 0.381 e. The lowest BCUT2D eigenvalue weighted by Crippen LogP contribution is -2.41. The van der Waals surface area contributed by atoms with Gasteiger partial charge < -0.3 is 9.64 Å². The zero-order valence-corrected chi connectivity index (χ0v) is 21.8. The van der Waals surface area contributed by atoms with E-state index in [0.717, 1.165) is 57.9 Å². The van der Waals surface area contributed by atoms with Crippen molar-refractivity contribution in [2.45, 2.75) is 58.8 Å². The van der Waals surface area contributed by atoms with Crippen molar-refractivity contribution in [3.05, 3.63) is 30.1 Å². The van der Waals surface area contributed by atoms with Crippen LogP contribution in [0.5, 0.6) is 0 Å². The van der Waals surface area contributed by atoms with Crippen LogP contribution in [-0.4, -0.2) is 67.8 Å². The molecule has 0 spiro atoms. The topological polar surface area (TPSA) is 75.6 Å². The van der Waals surface area contributed by atoms with E-state index in [2.05, 4.69) is 33.9 Å². The molecule has 2 atom stereocenters. The third kappa shape index (κ3) is 6.38. The van der Waals surface area contributed by atoms with Gasteiger partial charge in [0, 0.05) is 51.1 Å². The lowest BCUT2D eigenvalue weighted by molar-refractivity contribution is 0.0434. The molecular weight excluding hydrogens is 448 g/mol. The van der Waals surface area contributed by atoms with Gasteiger partial charge >= 0.3 is 0 Å². The normalized spacial score (nSPS) is 24.9. The molecule has 2 saturated heterocycles. The second kappa shape index (κ2) is 12.0. The van der Waals surface area contributed by atoms with Gasteiger partial charge in [0.05, 0.1) is 12.4 Å². The Balaban J connectivity index is 1.14. The number of sulfonamides is 1. The maximum absolute atomic E-state index is 12.2. The first-order valence-electron chi connectivity index (χ1n) is 13.3. The highest BCUT2D eigenvalue weighted by Gasteiger charge is 2.35. The van der Waals surface area contributed by atoms with Crippen LogP contribution < -0.4 is 4.90 Å². The number of hydrogen-bond acceptors (Lipinski definition) is 6. The van der Waals surface area contributed by atoms with Crippen LogP contribution in [0.25, 0.3) is 0 Å². The number of anilines is 1. The molecule has 0 aromatic carbocycles. The number of allylic oxidation sites excluding steroid dienone is 1. The van der Waals surface area contributed by atoms with Crippen LogP contribution in [-0.2, 0) is 21.2 Å². The van der Waals surface area contributed by atoms with Crippen LogP contribution >= 0.6 is 0 Å². The fourth-order valence-electron chi connectivity index (χ4n) is 5.60. The molecule has 1 aromatic heterocycles. The van der Waals surface area contributed by atoms with Crippen LogP contribution in [0.2, 0.25) is 0 Å². The average molecular weight is 491 g/mol. The molecule has 0 saturated carbocycles. The van der Waals surface area contributed by atoms with Gasteiger partial charge in [-0.25, -0.2) is 22.7 Å². The molecule has 1 aliphatic carbocycles. The van der Waals surface area contributed by atoms with Crippen LogP contribution in [0.4, 0.5) is 5.95 Å². The lowest BCUT2D eigenvalue weighted by atomic mass is 9.71. The Morgan fingerprint density at radius 3 is 2.24 bits per heavy atom. The van der Waals surface area contributed by atoms with Crippen molar-refractivity contribution >= 4 is 16.0 Å². The Labute approximate surface area is 206 Å². The van der Waals surface area contributed by atoms with E-state index < -0.39 is 10.0 Å². The zero-order valence-electron chi connectivity index (χ0n) is 20.9. The molecular formula is C26H42N4O3S. The van der Waals surface area contributed by atoms with Gasteiger partial charge in [0.15, 0.2) is 0 Å². The molecule has 3 heterocycles. The molecule has 0 radical (unpaired) electrons. The van der Waals surface area contributed by atoms with Gasteiger partial charge in [0.1, 0.15) is 0 Å². The predicted molar refractivity (Wildman–Crippen MR) is 136 cm³/mol. The van der Waals surface area contributed by atoms with Crippen molar-refractivity contribution in [1.29, 1.82) is 0 Å². The minimum absolute atomic E-state index is 0.265. The van der Waals surface area contributed by atoms with Crippen LogP contribution in [0.1, 0.15) is 57.9 Å². The quantitative estimate of drug-likeness (QED) is 0.438. The first kappa shape index (κ1) is 25.6. The third-order valence-corrected chi connectivity index (χ3v) is 9.84. The zero-order chi connectivity index (χ0) is 24.0. The van der Waals surface area contributed by atoms with Gasteiger partial charge in [0.2, 0.25) is 16.0 Å². The summed E-state index contributed by atoms with van der Waals surface area (Å²) in [5.74, 6) is 3.46. The molecule has 34 heavy (non-hydrogen) atoms. The summed E-state index contributed by atoms with van der Waals surface area (Å²) < 4.78 is 32.3. The molecule has 2 fully saturated rings. The van der Waals surface area contributed by atoms with Gasteiger partial charge in [-0.3, -0.25) is 0 Å². The second-order valence-electron chi connectivity index (χ2n) is 10.3. The van der Waals surface area contributed by atoms with E-state index in [9.17, 15) is 8.42 Å². The van der Waals surface area contributed by atoms with Crippen molar-refractivity contribution in [3.63, 3.8) is 0 Å². The van der Waals surface area contributed by atoms with Gasteiger partial charge in [-0.2, -0.15) is 0 Å². The smallest absolute Gasteiger partial charge is 0.225 e. The summed E-state index contributed by atoms with van der Waals surface area (Å²) >= 11 is 0. The van der Waals surface area contributed by atoms with Gasteiger partial charge in [-0.05, 0) is 61.8 Å². The number of aryl methyl sites for hydroxylation is 1. The van der Waals surface area contributed by atoms with Crippen molar-refractivity contribution in [2.75, 3.05) is 50.0 Å². The minimum Gasteiger partial charge on any atom is -0.381 e. The predicted octanol–water partition coefficient (Wildman–Crippen LogP) is 3.92. The summed E-state index contributed by atoms with van der Waals surface area (Å²) in [5, 5.41) is 0. The fourth-order valence-corrected chi connectivity index (χ4v) is 7.14. The molecule has 7 nitrogen and oxygen atoms in total. The molecule has 1 aromatic rings. The van der Waals surface area contributed by atoms with E-state index in [0.29, 0.717) is 43.2 Å². The monoisotopic (exact) mass is 490 g/mol. The molecule has 0 bridgehead atoms. The first-order chi connectivity index (χ1) is 16.5. The van der Waals surface area contributed by atoms with Gasteiger partial charge in [0.25, 0.3) is 0 Å². The number of piperidine rings is 2. The Morgan fingerprint density at radius 1 is 0.941 bits per heavy atom. The van der Waals surface area contributed by atoms with Crippen molar-refractivity contribution in [2.24, 2.45) is 23.7 Å². The molecule has 8 heteroatoms. The van der Waals surface area contributed by atoms with E-state index in [1.54, 1.807) is 4.31 Å². The number of rotatable bonds is 11. The van der Waals surface area contributed by atoms with E-state index in [1.807, 2.05) is 19.3 Å². The van der Waals surface area contributed by atoms with Gasteiger partial charge in [-0.15, -0.1) is 0 Å². The fraction of sp³-hybridized carbons (Fsp3) is 0.769.